The van der Waals surface area contributed by atoms with Gasteiger partial charge in [0.1, 0.15) is 5.82 Å². The number of hydrogen-bond donors (Lipinski definition) is 2. The van der Waals surface area contributed by atoms with Crippen molar-refractivity contribution in [3.63, 3.8) is 0 Å². The molecule has 0 aromatic heterocycles. The second-order valence-electron chi connectivity index (χ2n) is 6.91. The third kappa shape index (κ3) is 5.62. The highest BCUT2D eigenvalue weighted by Gasteiger charge is 2.21. The Bertz CT molecular complexity index is 811. The minimum absolute atomic E-state index is 0.0742. The number of nitrogens with one attached hydrogen (secondary N) is 2. The van der Waals surface area contributed by atoms with E-state index in [4.69, 9.17) is 0 Å². The van der Waals surface area contributed by atoms with Gasteiger partial charge in [-0.25, -0.2) is 4.39 Å². The Morgan fingerprint density at radius 2 is 1.59 bits per heavy atom. The van der Waals surface area contributed by atoms with E-state index in [2.05, 4.69) is 10.6 Å². The molecule has 0 aliphatic rings. The van der Waals surface area contributed by atoms with E-state index >= 15 is 0 Å². The quantitative estimate of drug-likeness (QED) is 0.815. The van der Waals surface area contributed by atoms with Gasteiger partial charge in [0.25, 0.3) is 0 Å². The van der Waals surface area contributed by atoms with E-state index in [0.717, 1.165) is 22.4 Å². The molecule has 0 fully saturated rings. The molecule has 0 bridgehead atoms. The number of carbonyl (C=O) groups excluding carboxylic acids is 2. The van der Waals surface area contributed by atoms with E-state index < -0.39 is 6.04 Å². The SMILES string of the molecule is Cc1cc(C)c(NC(=O)CN(C)[C@@H](C)C(=O)Nc2ccc(F)cc2)c(C)c1. The first-order valence-electron chi connectivity index (χ1n) is 8.81. The minimum Gasteiger partial charge on any atom is -0.325 e. The molecule has 6 heteroatoms. The lowest BCUT2D eigenvalue weighted by molar-refractivity contribution is -0.122. The Morgan fingerprint density at radius 1 is 1.04 bits per heavy atom. The van der Waals surface area contributed by atoms with Gasteiger partial charge in [0, 0.05) is 11.4 Å². The lowest BCUT2D eigenvalue weighted by atomic mass is 10.1. The van der Waals surface area contributed by atoms with Crippen molar-refractivity contribution in [2.24, 2.45) is 0 Å². The predicted octanol–water partition coefficient (Wildman–Crippen LogP) is 3.65. The number of benzene rings is 2. The van der Waals surface area contributed by atoms with Crippen molar-refractivity contribution < 1.29 is 14.0 Å². The van der Waals surface area contributed by atoms with Crippen LogP contribution in [0.3, 0.4) is 0 Å². The molecule has 2 amide bonds. The fraction of sp³-hybridized carbons (Fsp3) is 0.333. The van der Waals surface area contributed by atoms with E-state index in [9.17, 15) is 14.0 Å². The van der Waals surface area contributed by atoms with Crippen molar-refractivity contribution in [1.82, 2.24) is 4.90 Å². The van der Waals surface area contributed by atoms with Crippen LogP contribution < -0.4 is 10.6 Å². The normalized spacial score (nSPS) is 12.0. The third-order valence-corrected chi connectivity index (χ3v) is 4.49. The van der Waals surface area contributed by atoms with Crippen molar-refractivity contribution in [3.8, 4) is 0 Å². The highest BCUT2D eigenvalue weighted by molar-refractivity contribution is 5.96. The van der Waals surface area contributed by atoms with Crippen LogP contribution in [0.25, 0.3) is 0 Å². The van der Waals surface area contributed by atoms with Crippen LogP contribution in [0.1, 0.15) is 23.6 Å². The first-order valence-corrected chi connectivity index (χ1v) is 8.81. The molecule has 0 saturated heterocycles. The molecular formula is C21H26FN3O2. The summed E-state index contributed by atoms with van der Waals surface area (Å²) in [5.41, 5.74) is 4.47. The van der Waals surface area contributed by atoms with E-state index in [1.165, 1.54) is 24.3 Å². The molecule has 2 rings (SSSR count). The van der Waals surface area contributed by atoms with Gasteiger partial charge in [-0.2, -0.15) is 0 Å². The molecule has 144 valence electrons. The Morgan fingerprint density at radius 3 is 2.15 bits per heavy atom. The van der Waals surface area contributed by atoms with Crippen molar-refractivity contribution in [3.05, 3.63) is 58.9 Å². The molecule has 0 aliphatic heterocycles. The summed E-state index contributed by atoms with van der Waals surface area (Å²) in [6.45, 7) is 7.72. The van der Waals surface area contributed by atoms with Gasteiger partial charge in [0.2, 0.25) is 11.8 Å². The molecular weight excluding hydrogens is 345 g/mol. The van der Waals surface area contributed by atoms with Gasteiger partial charge in [0.15, 0.2) is 0 Å². The zero-order valence-corrected chi connectivity index (χ0v) is 16.4. The predicted molar refractivity (Wildman–Crippen MR) is 106 cm³/mol. The highest BCUT2D eigenvalue weighted by Crippen LogP contribution is 2.21. The van der Waals surface area contributed by atoms with Crippen LogP contribution in [-0.4, -0.2) is 36.3 Å². The molecule has 0 aliphatic carbocycles. The lowest BCUT2D eigenvalue weighted by Crippen LogP contribution is -2.43. The summed E-state index contributed by atoms with van der Waals surface area (Å²) in [6.07, 6.45) is 0. The summed E-state index contributed by atoms with van der Waals surface area (Å²) in [5.74, 6) is -0.815. The maximum Gasteiger partial charge on any atom is 0.241 e. The number of aryl methyl sites for hydroxylation is 3. The number of hydrogen-bond acceptors (Lipinski definition) is 3. The second-order valence-corrected chi connectivity index (χ2v) is 6.91. The largest absolute Gasteiger partial charge is 0.325 e. The maximum absolute atomic E-state index is 12.9. The van der Waals surface area contributed by atoms with Gasteiger partial charge in [0.05, 0.1) is 12.6 Å². The van der Waals surface area contributed by atoms with Crippen LogP contribution in [0.2, 0.25) is 0 Å². The number of rotatable bonds is 6. The van der Waals surface area contributed by atoms with Gasteiger partial charge in [-0.3, -0.25) is 14.5 Å². The standard InChI is InChI=1S/C21H26FN3O2/c1-13-10-14(2)20(15(3)11-13)24-19(26)12-25(5)16(4)21(27)23-18-8-6-17(22)7-9-18/h6-11,16H,12H2,1-5H3,(H,23,27)(H,24,26)/t16-/m0/s1. The van der Waals surface area contributed by atoms with Gasteiger partial charge in [-0.15, -0.1) is 0 Å². The average Bonchev–Trinajstić information content (AvgIpc) is 2.59. The average molecular weight is 371 g/mol. The number of amides is 2. The Balaban J connectivity index is 1.95. The van der Waals surface area contributed by atoms with Crippen LogP contribution in [0.15, 0.2) is 36.4 Å². The van der Waals surface area contributed by atoms with Gasteiger partial charge < -0.3 is 10.6 Å². The Labute approximate surface area is 159 Å². The molecule has 2 aromatic carbocycles. The first kappa shape index (κ1) is 20.6. The van der Waals surface area contributed by atoms with Crippen LogP contribution in [0, 0.1) is 26.6 Å². The van der Waals surface area contributed by atoms with E-state index in [-0.39, 0.29) is 24.2 Å². The van der Waals surface area contributed by atoms with Crippen LogP contribution in [-0.2, 0) is 9.59 Å². The summed E-state index contributed by atoms with van der Waals surface area (Å²) >= 11 is 0. The van der Waals surface area contributed by atoms with E-state index in [1.54, 1.807) is 18.9 Å². The summed E-state index contributed by atoms with van der Waals surface area (Å²) < 4.78 is 12.9. The molecule has 0 unspecified atom stereocenters. The molecule has 5 nitrogen and oxygen atoms in total. The molecule has 0 spiro atoms. The fourth-order valence-corrected chi connectivity index (χ4v) is 2.90. The molecule has 0 heterocycles. The summed E-state index contributed by atoms with van der Waals surface area (Å²) in [7, 11) is 1.71. The molecule has 2 N–H and O–H groups in total. The van der Waals surface area contributed by atoms with Crippen molar-refractivity contribution in [2.45, 2.75) is 33.7 Å². The monoisotopic (exact) mass is 371 g/mol. The van der Waals surface area contributed by atoms with Gasteiger partial charge in [-0.05, 0) is 70.1 Å². The smallest absolute Gasteiger partial charge is 0.241 e. The Kier molecular flexibility index (Phi) is 6.69. The third-order valence-electron chi connectivity index (χ3n) is 4.49. The molecule has 1 atom stereocenters. The summed E-state index contributed by atoms with van der Waals surface area (Å²) in [6, 6.07) is 9.07. The molecule has 0 radical (unpaired) electrons. The zero-order valence-electron chi connectivity index (χ0n) is 16.4. The fourth-order valence-electron chi connectivity index (χ4n) is 2.90. The minimum atomic E-state index is -0.527. The zero-order chi connectivity index (χ0) is 20.1. The number of nitrogens with zero attached hydrogens (tertiary/aromatic N) is 1. The van der Waals surface area contributed by atoms with E-state index in [0.29, 0.717) is 5.69 Å². The van der Waals surface area contributed by atoms with Crippen molar-refractivity contribution >= 4 is 23.2 Å². The number of carbonyl (C=O) groups is 2. The topological polar surface area (TPSA) is 61.4 Å². The molecule has 27 heavy (non-hydrogen) atoms. The van der Waals surface area contributed by atoms with Crippen LogP contribution >= 0.6 is 0 Å². The highest BCUT2D eigenvalue weighted by atomic mass is 19.1. The van der Waals surface area contributed by atoms with Gasteiger partial charge >= 0.3 is 0 Å². The lowest BCUT2D eigenvalue weighted by Gasteiger charge is -2.24. The molecule has 2 aromatic rings. The number of anilines is 2. The number of likely N-dealkylation sites (N-methyl/N-ethyl adjacent to an activating group) is 1. The first-order chi connectivity index (χ1) is 12.7. The van der Waals surface area contributed by atoms with Gasteiger partial charge in [-0.1, -0.05) is 17.7 Å². The van der Waals surface area contributed by atoms with E-state index in [1.807, 2.05) is 32.9 Å². The summed E-state index contributed by atoms with van der Waals surface area (Å²) in [5, 5.41) is 5.65. The second kappa shape index (κ2) is 8.77. The summed E-state index contributed by atoms with van der Waals surface area (Å²) in [4.78, 5) is 26.4. The van der Waals surface area contributed by atoms with Crippen LogP contribution in [0.4, 0.5) is 15.8 Å². The van der Waals surface area contributed by atoms with Crippen molar-refractivity contribution in [2.75, 3.05) is 24.2 Å². The maximum atomic E-state index is 12.9. The van der Waals surface area contributed by atoms with Crippen molar-refractivity contribution in [1.29, 1.82) is 0 Å². The Hall–Kier alpha value is -2.73. The number of halogens is 1. The van der Waals surface area contributed by atoms with Crippen LogP contribution in [0.5, 0.6) is 0 Å². The molecule has 0 saturated carbocycles.